The molecular weight excluding hydrogens is 273 g/mol. The van der Waals surface area contributed by atoms with Crippen LogP contribution in [0.3, 0.4) is 0 Å². The second-order valence-corrected chi connectivity index (χ2v) is 6.42. The molecule has 1 nitrogen and oxygen atoms in total. The number of rotatable bonds is 7. The van der Waals surface area contributed by atoms with Gasteiger partial charge in [0.15, 0.2) is 0 Å². The first-order valence-corrected chi connectivity index (χ1v) is 8.59. The molecule has 2 heteroatoms. The normalized spacial score (nSPS) is 17.9. The molecule has 1 aliphatic carbocycles. The molecule has 0 heterocycles. The minimum absolute atomic E-state index is 0.135. The third-order valence-electron chi connectivity index (χ3n) is 4.72. The fourth-order valence-corrected chi connectivity index (χ4v) is 3.22. The molecule has 22 heavy (non-hydrogen) atoms. The number of nitrogens with zero attached hydrogens (tertiary/aromatic N) is 1. The first kappa shape index (κ1) is 16.7. The second-order valence-electron chi connectivity index (χ2n) is 6.42. The summed E-state index contributed by atoms with van der Waals surface area (Å²) in [6.45, 7) is 2.25. The first-order chi connectivity index (χ1) is 10.7. The monoisotopic (exact) mass is 299 g/mol. The maximum absolute atomic E-state index is 13.6. The summed E-state index contributed by atoms with van der Waals surface area (Å²) in [6.07, 6.45) is 13.5. The zero-order valence-electron chi connectivity index (χ0n) is 13.6. The van der Waals surface area contributed by atoms with Gasteiger partial charge in [-0.3, -0.25) is 0 Å². The summed E-state index contributed by atoms with van der Waals surface area (Å²) in [7, 11) is 0. The summed E-state index contributed by atoms with van der Waals surface area (Å²) in [6, 6.07) is 6.84. The maximum atomic E-state index is 13.6. The number of halogens is 1. The van der Waals surface area contributed by atoms with Crippen molar-refractivity contribution in [1.29, 1.82) is 5.26 Å². The molecule has 1 aromatic carbocycles. The Morgan fingerprint density at radius 2 is 2.14 bits per heavy atom. The Hall–Kier alpha value is -1.62. The van der Waals surface area contributed by atoms with E-state index in [-0.39, 0.29) is 5.56 Å². The molecule has 0 aromatic heterocycles. The van der Waals surface area contributed by atoms with Gasteiger partial charge in [0.25, 0.3) is 0 Å². The average Bonchev–Trinajstić information content (AvgIpc) is 2.54. The summed E-state index contributed by atoms with van der Waals surface area (Å²) in [5.74, 6) is 0.483. The minimum Gasteiger partial charge on any atom is -0.206 e. The van der Waals surface area contributed by atoms with Gasteiger partial charge in [-0.1, -0.05) is 50.3 Å². The summed E-state index contributed by atoms with van der Waals surface area (Å²) in [5.41, 5.74) is 2.65. The standard InChI is InChI=1S/C20H26FN/c1-2-3-4-5-16-6-8-17(9-7-16)10-11-18-12-13-19(15-22)20(21)14-18/h8,12-14,16H,2-7,9-11H2,1H3. The Bertz CT molecular complexity index is 553. The quantitative estimate of drug-likeness (QED) is 0.451. The molecule has 1 aromatic rings. The summed E-state index contributed by atoms with van der Waals surface area (Å²) in [4.78, 5) is 0. The SMILES string of the molecule is CCCCCC1CC=C(CCc2ccc(C#N)c(F)c2)CC1. The van der Waals surface area contributed by atoms with Crippen LogP contribution < -0.4 is 0 Å². The van der Waals surface area contributed by atoms with E-state index in [1.807, 2.05) is 12.1 Å². The molecule has 0 spiro atoms. The molecule has 0 radical (unpaired) electrons. The average molecular weight is 299 g/mol. The molecule has 1 atom stereocenters. The molecule has 118 valence electrons. The van der Waals surface area contributed by atoms with Crippen LogP contribution in [-0.2, 0) is 6.42 Å². The van der Waals surface area contributed by atoms with Crippen LogP contribution in [0.25, 0.3) is 0 Å². The molecule has 0 amide bonds. The lowest BCUT2D eigenvalue weighted by atomic mass is 9.84. The predicted molar refractivity (Wildman–Crippen MR) is 89.0 cm³/mol. The Balaban J connectivity index is 1.78. The zero-order chi connectivity index (χ0) is 15.8. The van der Waals surface area contributed by atoms with E-state index < -0.39 is 5.82 Å². The van der Waals surface area contributed by atoms with Crippen molar-refractivity contribution in [2.24, 2.45) is 5.92 Å². The molecule has 0 bridgehead atoms. The second kappa shape index (κ2) is 8.73. The number of unbranched alkanes of at least 4 members (excludes halogenated alkanes) is 2. The fraction of sp³-hybridized carbons (Fsp3) is 0.550. The highest BCUT2D eigenvalue weighted by Gasteiger charge is 2.14. The number of hydrogen-bond acceptors (Lipinski definition) is 1. The first-order valence-electron chi connectivity index (χ1n) is 8.59. The van der Waals surface area contributed by atoms with Crippen LogP contribution in [0.5, 0.6) is 0 Å². The summed E-state index contributed by atoms with van der Waals surface area (Å²) >= 11 is 0. The lowest BCUT2D eigenvalue weighted by Gasteiger charge is -2.22. The largest absolute Gasteiger partial charge is 0.206 e. The third kappa shape index (κ3) is 4.98. The van der Waals surface area contributed by atoms with Crippen LogP contribution in [0.4, 0.5) is 4.39 Å². The highest BCUT2D eigenvalue weighted by Crippen LogP contribution is 2.29. The van der Waals surface area contributed by atoms with Gasteiger partial charge in [-0.25, -0.2) is 4.39 Å². The Labute approximate surface area is 133 Å². The van der Waals surface area contributed by atoms with Crippen molar-refractivity contribution in [3.63, 3.8) is 0 Å². The molecular formula is C20H26FN. The van der Waals surface area contributed by atoms with Crippen molar-refractivity contribution < 1.29 is 4.39 Å². The van der Waals surface area contributed by atoms with Crippen molar-refractivity contribution in [3.05, 3.63) is 46.8 Å². The van der Waals surface area contributed by atoms with Gasteiger partial charge in [-0.05, 0) is 55.7 Å². The van der Waals surface area contributed by atoms with Gasteiger partial charge < -0.3 is 0 Å². The minimum atomic E-state index is -0.395. The molecule has 1 unspecified atom stereocenters. The molecule has 0 fully saturated rings. The van der Waals surface area contributed by atoms with E-state index >= 15 is 0 Å². The molecule has 0 aliphatic heterocycles. The van der Waals surface area contributed by atoms with Crippen LogP contribution in [0.1, 0.15) is 69.4 Å². The number of allylic oxidation sites excluding steroid dienone is 2. The summed E-state index contributed by atoms with van der Waals surface area (Å²) < 4.78 is 13.6. The molecule has 0 saturated heterocycles. The van der Waals surface area contributed by atoms with Crippen molar-refractivity contribution in [2.45, 2.75) is 64.7 Å². The van der Waals surface area contributed by atoms with Crippen LogP contribution in [0.15, 0.2) is 29.8 Å². The Kier molecular flexibility index (Phi) is 6.65. The highest BCUT2D eigenvalue weighted by molar-refractivity contribution is 5.33. The topological polar surface area (TPSA) is 23.8 Å². The number of benzene rings is 1. The van der Waals surface area contributed by atoms with Gasteiger partial charge in [-0.15, -0.1) is 0 Å². The van der Waals surface area contributed by atoms with Crippen LogP contribution in [-0.4, -0.2) is 0 Å². The number of hydrogen-bond donors (Lipinski definition) is 0. The Morgan fingerprint density at radius 1 is 1.27 bits per heavy atom. The van der Waals surface area contributed by atoms with Gasteiger partial charge in [0.2, 0.25) is 0 Å². The van der Waals surface area contributed by atoms with E-state index in [0.29, 0.717) is 0 Å². The van der Waals surface area contributed by atoms with E-state index in [4.69, 9.17) is 5.26 Å². The van der Waals surface area contributed by atoms with Crippen molar-refractivity contribution in [3.8, 4) is 6.07 Å². The maximum Gasteiger partial charge on any atom is 0.141 e. The van der Waals surface area contributed by atoms with Gasteiger partial charge in [-0.2, -0.15) is 5.26 Å². The molecule has 2 rings (SSSR count). The lowest BCUT2D eigenvalue weighted by molar-refractivity contribution is 0.413. The van der Waals surface area contributed by atoms with Crippen LogP contribution in [0, 0.1) is 23.1 Å². The molecule has 0 saturated carbocycles. The van der Waals surface area contributed by atoms with Crippen LogP contribution in [0.2, 0.25) is 0 Å². The van der Waals surface area contributed by atoms with E-state index in [1.54, 1.807) is 6.07 Å². The number of nitriles is 1. The molecule has 0 N–H and O–H groups in total. The lowest BCUT2D eigenvalue weighted by Crippen LogP contribution is -2.06. The number of aryl methyl sites for hydroxylation is 1. The van der Waals surface area contributed by atoms with E-state index in [9.17, 15) is 4.39 Å². The van der Waals surface area contributed by atoms with E-state index in [2.05, 4.69) is 13.0 Å². The van der Waals surface area contributed by atoms with Gasteiger partial charge in [0.1, 0.15) is 11.9 Å². The van der Waals surface area contributed by atoms with Crippen molar-refractivity contribution >= 4 is 0 Å². The van der Waals surface area contributed by atoms with Crippen LogP contribution >= 0.6 is 0 Å². The Morgan fingerprint density at radius 3 is 2.77 bits per heavy atom. The summed E-state index contributed by atoms with van der Waals surface area (Å²) in [5, 5.41) is 8.75. The van der Waals surface area contributed by atoms with Gasteiger partial charge in [0.05, 0.1) is 5.56 Å². The molecule has 1 aliphatic rings. The van der Waals surface area contributed by atoms with Gasteiger partial charge in [0, 0.05) is 0 Å². The predicted octanol–water partition coefficient (Wildman–Crippen LogP) is 5.94. The highest BCUT2D eigenvalue weighted by atomic mass is 19.1. The zero-order valence-corrected chi connectivity index (χ0v) is 13.6. The van der Waals surface area contributed by atoms with Crippen molar-refractivity contribution in [2.75, 3.05) is 0 Å². The smallest absolute Gasteiger partial charge is 0.141 e. The van der Waals surface area contributed by atoms with E-state index in [1.165, 1.54) is 56.6 Å². The van der Waals surface area contributed by atoms with Crippen molar-refractivity contribution in [1.82, 2.24) is 0 Å². The fourth-order valence-electron chi connectivity index (χ4n) is 3.22. The third-order valence-corrected chi connectivity index (χ3v) is 4.72. The van der Waals surface area contributed by atoms with Gasteiger partial charge >= 0.3 is 0 Å². The van der Waals surface area contributed by atoms with E-state index in [0.717, 1.165) is 24.3 Å².